The molecule has 1 unspecified atom stereocenters. The highest BCUT2D eigenvalue weighted by atomic mass is 79.9. The van der Waals surface area contributed by atoms with Crippen molar-refractivity contribution in [1.82, 2.24) is 5.32 Å². The predicted octanol–water partition coefficient (Wildman–Crippen LogP) is 2.18. The van der Waals surface area contributed by atoms with Crippen molar-refractivity contribution in [3.05, 3.63) is 33.8 Å². The smallest absolute Gasteiger partial charge is 0.308 e. The van der Waals surface area contributed by atoms with Gasteiger partial charge in [-0.1, -0.05) is 22.9 Å². The van der Waals surface area contributed by atoms with Crippen LogP contribution < -0.4 is 5.32 Å². The van der Waals surface area contributed by atoms with Crippen molar-refractivity contribution in [2.75, 3.05) is 6.54 Å². The van der Waals surface area contributed by atoms with Gasteiger partial charge in [0.25, 0.3) is 5.91 Å². The van der Waals surface area contributed by atoms with E-state index in [4.69, 9.17) is 5.11 Å². The highest BCUT2D eigenvalue weighted by Gasteiger charge is 2.20. The molecule has 0 aromatic heterocycles. The average molecular weight is 322 g/mol. The largest absolute Gasteiger partial charge is 0.481 e. The van der Waals surface area contributed by atoms with E-state index in [0.29, 0.717) is 0 Å². The molecule has 1 rings (SSSR count). The Labute approximate surface area is 110 Å². The third kappa shape index (κ3) is 3.49. The Kier molecular flexibility index (Phi) is 4.77. The molecule has 18 heavy (non-hydrogen) atoms. The summed E-state index contributed by atoms with van der Waals surface area (Å²) in [5, 5.41) is 10.8. The zero-order valence-corrected chi connectivity index (χ0v) is 10.9. The van der Waals surface area contributed by atoms with Crippen LogP contribution >= 0.6 is 15.9 Å². The van der Waals surface area contributed by atoms with Gasteiger partial charge in [-0.05, 0) is 12.1 Å². The molecule has 0 radical (unpaired) electrons. The number of amides is 1. The van der Waals surface area contributed by atoms with Crippen molar-refractivity contribution in [2.45, 2.75) is 6.92 Å². The van der Waals surface area contributed by atoms with E-state index in [1.807, 2.05) is 0 Å². The molecule has 1 aromatic carbocycles. The van der Waals surface area contributed by atoms with E-state index in [9.17, 15) is 18.4 Å². The number of aliphatic carboxylic acids is 1. The van der Waals surface area contributed by atoms with E-state index in [2.05, 4.69) is 21.2 Å². The summed E-state index contributed by atoms with van der Waals surface area (Å²) in [6.45, 7) is 1.17. The van der Waals surface area contributed by atoms with Crippen molar-refractivity contribution in [3.63, 3.8) is 0 Å². The van der Waals surface area contributed by atoms with Crippen LogP contribution in [0.4, 0.5) is 8.78 Å². The minimum absolute atomic E-state index is 0.174. The number of rotatable bonds is 4. The maximum Gasteiger partial charge on any atom is 0.308 e. The van der Waals surface area contributed by atoms with Gasteiger partial charge in [0.15, 0.2) is 0 Å². The normalized spacial score (nSPS) is 12.0. The molecule has 0 fully saturated rings. The van der Waals surface area contributed by atoms with Crippen LogP contribution in [0.1, 0.15) is 17.3 Å². The number of halogens is 3. The second kappa shape index (κ2) is 5.90. The quantitative estimate of drug-likeness (QED) is 0.893. The molecular formula is C11H10BrF2NO3. The fourth-order valence-electron chi connectivity index (χ4n) is 1.18. The van der Waals surface area contributed by atoms with Crippen LogP contribution in [-0.2, 0) is 4.79 Å². The second-order valence-electron chi connectivity index (χ2n) is 3.69. The van der Waals surface area contributed by atoms with E-state index in [1.165, 1.54) is 6.92 Å². The van der Waals surface area contributed by atoms with E-state index >= 15 is 0 Å². The van der Waals surface area contributed by atoms with E-state index in [-0.39, 0.29) is 11.0 Å². The van der Waals surface area contributed by atoms with Crippen molar-refractivity contribution < 1.29 is 23.5 Å². The Morgan fingerprint density at radius 3 is 2.33 bits per heavy atom. The summed E-state index contributed by atoms with van der Waals surface area (Å²) in [6, 6.07) is 1.91. The Hall–Kier alpha value is -1.50. The minimum atomic E-state index is -1.10. The van der Waals surface area contributed by atoms with Crippen LogP contribution in [0.3, 0.4) is 0 Å². The van der Waals surface area contributed by atoms with E-state index in [1.54, 1.807) is 0 Å². The number of carbonyl (C=O) groups excluding carboxylic acids is 1. The Morgan fingerprint density at radius 2 is 1.89 bits per heavy atom. The lowest BCUT2D eigenvalue weighted by Gasteiger charge is -2.09. The molecule has 0 saturated heterocycles. The number of hydrogen-bond donors (Lipinski definition) is 2. The van der Waals surface area contributed by atoms with Gasteiger partial charge in [0.2, 0.25) is 0 Å². The summed E-state index contributed by atoms with van der Waals surface area (Å²) in [5.41, 5.74) is -0.726. The van der Waals surface area contributed by atoms with Crippen LogP contribution in [0.2, 0.25) is 0 Å². The van der Waals surface area contributed by atoms with Crippen LogP contribution in [-0.4, -0.2) is 23.5 Å². The third-order valence-electron chi connectivity index (χ3n) is 2.22. The maximum absolute atomic E-state index is 13.4. The van der Waals surface area contributed by atoms with Gasteiger partial charge in [-0.2, -0.15) is 0 Å². The molecule has 0 aliphatic heterocycles. The van der Waals surface area contributed by atoms with Crippen molar-refractivity contribution in [1.29, 1.82) is 0 Å². The molecule has 1 aromatic rings. The first-order chi connectivity index (χ1) is 8.32. The highest BCUT2D eigenvalue weighted by molar-refractivity contribution is 9.10. The minimum Gasteiger partial charge on any atom is -0.481 e. The maximum atomic E-state index is 13.4. The molecule has 98 valence electrons. The fourth-order valence-corrected chi connectivity index (χ4v) is 1.58. The Morgan fingerprint density at radius 1 is 1.39 bits per heavy atom. The van der Waals surface area contributed by atoms with Crippen LogP contribution in [0, 0.1) is 17.6 Å². The molecular weight excluding hydrogens is 312 g/mol. The van der Waals surface area contributed by atoms with Crippen LogP contribution in [0.25, 0.3) is 0 Å². The summed E-state index contributed by atoms with van der Waals surface area (Å²) >= 11 is 2.89. The average Bonchev–Trinajstić information content (AvgIpc) is 2.24. The standard InChI is InChI=1S/C11H10BrF2NO3/c1-5(11(17)18)4-15-10(16)9-7(13)2-6(12)3-8(9)14/h2-3,5H,4H2,1H3,(H,15,16)(H,17,18). The summed E-state index contributed by atoms with van der Waals surface area (Å²) in [6.07, 6.45) is 0. The van der Waals surface area contributed by atoms with Gasteiger partial charge in [-0.15, -0.1) is 0 Å². The second-order valence-corrected chi connectivity index (χ2v) is 4.61. The molecule has 0 spiro atoms. The van der Waals surface area contributed by atoms with Crippen molar-refractivity contribution >= 4 is 27.8 Å². The lowest BCUT2D eigenvalue weighted by Crippen LogP contribution is -2.32. The van der Waals surface area contributed by atoms with Gasteiger partial charge in [0.1, 0.15) is 17.2 Å². The van der Waals surface area contributed by atoms with Gasteiger partial charge in [-0.3, -0.25) is 9.59 Å². The first-order valence-electron chi connectivity index (χ1n) is 4.98. The molecule has 0 aliphatic rings. The summed E-state index contributed by atoms with van der Waals surface area (Å²) in [4.78, 5) is 22.0. The fraction of sp³-hybridized carbons (Fsp3) is 0.273. The van der Waals surface area contributed by atoms with Gasteiger partial charge in [-0.25, -0.2) is 8.78 Å². The van der Waals surface area contributed by atoms with Gasteiger partial charge < -0.3 is 10.4 Å². The number of hydrogen-bond acceptors (Lipinski definition) is 2. The molecule has 1 atom stereocenters. The summed E-state index contributed by atoms with van der Waals surface area (Å²) < 4.78 is 27.0. The number of carboxylic acids is 1. The molecule has 0 bridgehead atoms. The van der Waals surface area contributed by atoms with Gasteiger partial charge in [0.05, 0.1) is 5.92 Å². The summed E-state index contributed by atoms with van der Waals surface area (Å²) in [7, 11) is 0. The number of benzene rings is 1. The molecule has 0 saturated carbocycles. The third-order valence-corrected chi connectivity index (χ3v) is 2.68. The molecule has 1 amide bonds. The van der Waals surface area contributed by atoms with Gasteiger partial charge >= 0.3 is 5.97 Å². The van der Waals surface area contributed by atoms with E-state index < -0.39 is 35.0 Å². The summed E-state index contributed by atoms with van der Waals surface area (Å²) in [5.74, 6) is -4.95. The number of carbonyl (C=O) groups is 2. The van der Waals surface area contributed by atoms with Crippen molar-refractivity contribution in [2.24, 2.45) is 5.92 Å². The zero-order valence-electron chi connectivity index (χ0n) is 9.34. The lowest BCUT2D eigenvalue weighted by atomic mass is 10.1. The highest BCUT2D eigenvalue weighted by Crippen LogP contribution is 2.19. The first kappa shape index (κ1) is 14.6. The van der Waals surface area contributed by atoms with Gasteiger partial charge in [0, 0.05) is 11.0 Å². The Balaban J connectivity index is 2.82. The number of carboxylic acid groups (broad SMARTS) is 1. The molecule has 0 aliphatic carbocycles. The molecule has 7 heteroatoms. The SMILES string of the molecule is CC(CNC(=O)c1c(F)cc(Br)cc1F)C(=O)O. The van der Waals surface area contributed by atoms with Crippen LogP contribution in [0.5, 0.6) is 0 Å². The monoisotopic (exact) mass is 321 g/mol. The molecule has 0 heterocycles. The topological polar surface area (TPSA) is 66.4 Å². The first-order valence-corrected chi connectivity index (χ1v) is 5.77. The molecule has 4 nitrogen and oxygen atoms in total. The van der Waals surface area contributed by atoms with E-state index in [0.717, 1.165) is 12.1 Å². The predicted molar refractivity (Wildman–Crippen MR) is 63.2 cm³/mol. The van der Waals surface area contributed by atoms with Crippen molar-refractivity contribution in [3.8, 4) is 0 Å². The zero-order chi connectivity index (χ0) is 13.9. The molecule has 2 N–H and O–H groups in total. The number of nitrogens with one attached hydrogen (secondary N) is 1. The Bertz CT molecular complexity index is 470. The van der Waals surface area contributed by atoms with Crippen LogP contribution in [0.15, 0.2) is 16.6 Å². The lowest BCUT2D eigenvalue weighted by molar-refractivity contribution is -0.140.